The maximum absolute atomic E-state index is 6.04. The van der Waals surface area contributed by atoms with Crippen LogP contribution in [0.4, 0.5) is 5.82 Å². The van der Waals surface area contributed by atoms with Crippen LogP contribution in [-0.4, -0.2) is 9.78 Å². The van der Waals surface area contributed by atoms with Crippen molar-refractivity contribution in [3.63, 3.8) is 0 Å². The Morgan fingerprint density at radius 3 is 2.73 bits per heavy atom. The molecular formula is C10H9BrClN3. The quantitative estimate of drug-likeness (QED) is 0.922. The number of hydrogen-bond donors (Lipinski definition) is 1. The van der Waals surface area contributed by atoms with Gasteiger partial charge in [0.05, 0.1) is 11.0 Å². The Kier molecular flexibility index (Phi) is 2.98. The molecule has 1 aromatic heterocycles. The Hall–Kier alpha value is -1.000. The summed E-state index contributed by atoms with van der Waals surface area (Å²) >= 11 is 9.34. The predicted molar refractivity (Wildman–Crippen MR) is 64.9 cm³/mol. The SMILES string of the molecule is Nc1nn(Cc2ccccc2Cl)cc1Br. The lowest BCUT2D eigenvalue weighted by Gasteiger charge is -2.03. The molecule has 3 nitrogen and oxygen atoms in total. The van der Waals surface area contributed by atoms with Crippen molar-refractivity contribution in [2.45, 2.75) is 6.54 Å². The predicted octanol–water partition coefficient (Wildman–Crippen LogP) is 2.93. The Labute approximate surface area is 101 Å². The van der Waals surface area contributed by atoms with Gasteiger partial charge in [0.1, 0.15) is 0 Å². The molecule has 78 valence electrons. The third-order valence-corrected chi connectivity index (χ3v) is 3.01. The van der Waals surface area contributed by atoms with Crippen molar-refractivity contribution in [1.29, 1.82) is 0 Å². The normalized spacial score (nSPS) is 10.5. The number of rotatable bonds is 2. The summed E-state index contributed by atoms with van der Waals surface area (Å²) in [6.45, 7) is 0.621. The maximum Gasteiger partial charge on any atom is 0.159 e. The van der Waals surface area contributed by atoms with E-state index in [4.69, 9.17) is 17.3 Å². The lowest BCUT2D eigenvalue weighted by Crippen LogP contribution is -2.01. The van der Waals surface area contributed by atoms with Crippen molar-refractivity contribution < 1.29 is 0 Å². The fourth-order valence-corrected chi connectivity index (χ4v) is 1.81. The number of hydrogen-bond acceptors (Lipinski definition) is 2. The number of nitrogens with two attached hydrogens (primary N) is 1. The molecule has 2 rings (SSSR count). The van der Waals surface area contributed by atoms with Gasteiger partial charge < -0.3 is 5.73 Å². The van der Waals surface area contributed by atoms with Crippen molar-refractivity contribution in [3.8, 4) is 0 Å². The van der Waals surface area contributed by atoms with Gasteiger partial charge in [0.2, 0.25) is 0 Å². The van der Waals surface area contributed by atoms with E-state index in [1.54, 1.807) is 4.68 Å². The molecule has 0 atom stereocenters. The summed E-state index contributed by atoms with van der Waals surface area (Å²) in [7, 11) is 0. The summed E-state index contributed by atoms with van der Waals surface area (Å²) in [6.07, 6.45) is 1.83. The van der Waals surface area contributed by atoms with Crippen LogP contribution in [0.5, 0.6) is 0 Å². The van der Waals surface area contributed by atoms with Crippen LogP contribution in [0.3, 0.4) is 0 Å². The summed E-state index contributed by atoms with van der Waals surface area (Å²) in [5.74, 6) is 0.488. The second kappa shape index (κ2) is 4.24. The lowest BCUT2D eigenvalue weighted by molar-refractivity contribution is 0.690. The molecule has 0 aliphatic carbocycles. The van der Waals surface area contributed by atoms with Crippen LogP contribution in [-0.2, 0) is 6.54 Å². The Morgan fingerprint density at radius 2 is 2.13 bits per heavy atom. The molecular weight excluding hydrogens is 277 g/mol. The molecule has 0 spiro atoms. The van der Waals surface area contributed by atoms with Crippen molar-refractivity contribution in [1.82, 2.24) is 9.78 Å². The zero-order valence-corrected chi connectivity index (χ0v) is 10.2. The third-order valence-electron chi connectivity index (χ3n) is 2.03. The van der Waals surface area contributed by atoms with Crippen LogP contribution in [0.25, 0.3) is 0 Å². The Balaban J connectivity index is 2.26. The first kappa shape index (κ1) is 10.5. The number of aromatic nitrogens is 2. The second-order valence-electron chi connectivity index (χ2n) is 3.15. The van der Waals surface area contributed by atoms with Crippen molar-refractivity contribution in [3.05, 3.63) is 45.5 Å². The van der Waals surface area contributed by atoms with Gasteiger partial charge in [0.15, 0.2) is 5.82 Å². The van der Waals surface area contributed by atoms with E-state index in [-0.39, 0.29) is 0 Å². The maximum atomic E-state index is 6.04. The summed E-state index contributed by atoms with van der Waals surface area (Å²) in [5.41, 5.74) is 6.64. The molecule has 0 saturated carbocycles. The minimum atomic E-state index is 0.488. The first-order chi connectivity index (χ1) is 7.16. The van der Waals surface area contributed by atoms with Gasteiger partial charge in [-0.1, -0.05) is 29.8 Å². The van der Waals surface area contributed by atoms with Gasteiger partial charge in [-0.05, 0) is 27.6 Å². The largest absolute Gasteiger partial charge is 0.381 e. The highest BCUT2D eigenvalue weighted by atomic mass is 79.9. The molecule has 5 heteroatoms. The second-order valence-corrected chi connectivity index (χ2v) is 4.41. The van der Waals surface area contributed by atoms with E-state index in [2.05, 4.69) is 21.0 Å². The monoisotopic (exact) mass is 285 g/mol. The van der Waals surface area contributed by atoms with Crippen molar-refractivity contribution >= 4 is 33.3 Å². The topological polar surface area (TPSA) is 43.8 Å². The van der Waals surface area contributed by atoms with Crippen LogP contribution in [0.15, 0.2) is 34.9 Å². The van der Waals surface area contributed by atoms with E-state index in [1.165, 1.54) is 0 Å². The summed E-state index contributed by atoms with van der Waals surface area (Å²) in [4.78, 5) is 0. The van der Waals surface area contributed by atoms with E-state index in [9.17, 15) is 0 Å². The number of anilines is 1. The summed E-state index contributed by atoms with van der Waals surface area (Å²) in [6, 6.07) is 7.68. The van der Waals surface area contributed by atoms with Gasteiger partial charge in [-0.2, -0.15) is 5.10 Å². The molecule has 0 aliphatic heterocycles. The van der Waals surface area contributed by atoms with Gasteiger partial charge in [0, 0.05) is 11.2 Å². The van der Waals surface area contributed by atoms with Crippen molar-refractivity contribution in [2.24, 2.45) is 0 Å². The van der Waals surface area contributed by atoms with E-state index in [0.717, 1.165) is 15.1 Å². The molecule has 1 aromatic carbocycles. The first-order valence-corrected chi connectivity index (χ1v) is 5.56. The zero-order chi connectivity index (χ0) is 10.8. The summed E-state index contributed by atoms with van der Waals surface area (Å²) < 4.78 is 2.55. The molecule has 0 bridgehead atoms. The van der Waals surface area contributed by atoms with Gasteiger partial charge in [0.25, 0.3) is 0 Å². The summed E-state index contributed by atoms with van der Waals surface area (Å²) in [5, 5.41) is 4.87. The van der Waals surface area contributed by atoms with Gasteiger partial charge in [-0.3, -0.25) is 4.68 Å². The smallest absolute Gasteiger partial charge is 0.159 e. The third kappa shape index (κ3) is 2.33. The number of benzene rings is 1. The number of nitrogens with zero attached hydrogens (tertiary/aromatic N) is 2. The van der Waals surface area contributed by atoms with E-state index >= 15 is 0 Å². The Bertz CT molecular complexity index is 462. The molecule has 1 heterocycles. The molecule has 15 heavy (non-hydrogen) atoms. The highest BCUT2D eigenvalue weighted by Crippen LogP contribution is 2.20. The standard InChI is InChI=1S/C10H9BrClN3/c11-8-6-15(14-10(8)13)5-7-3-1-2-4-9(7)12/h1-4,6H,5H2,(H2,13,14). The number of nitrogen functional groups attached to an aromatic ring is 1. The average Bonchev–Trinajstić information content (AvgIpc) is 2.50. The van der Waals surface area contributed by atoms with Crippen LogP contribution in [0.1, 0.15) is 5.56 Å². The molecule has 0 saturated heterocycles. The fraction of sp³-hybridized carbons (Fsp3) is 0.100. The highest BCUT2D eigenvalue weighted by molar-refractivity contribution is 9.10. The van der Waals surface area contributed by atoms with E-state index in [0.29, 0.717) is 12.4 Å². The molecule has 0 fully saturated rings. The van der Waals surface area contributed by atoms with Crippen molar-refractivity contribution in [2.75, 3.05) is 5.73 Å². The van der Waals surface area contributed by atoms with Gasteiger partial charge >= 0.3 is 0 Å². The molecule has 0 amide bonds. The molecule has 2 N–H and O–H groups in total. The first-order valence-electron chi connectivity index (χ1n) is 4.38. The van der Waals surface area contributed by atoms with Crippen LogP contribution in [0, 0.1) is 0 Å². The molecule has 0 unspecified atom stereocenters. The molecule has 0 aliphatic rings. The zero-order valence-electron chi connectivity index (χ0n) is 7.82. The van der Waals surface area contributed by atoms with Crippen LogP contribution in [0.2, 0.25) is 5.02 Å². The minimum Gasteiger partial charge on any atom is -0.381 e. The highest BCUT2D eigenvalue weighted by Gasteiger charge is 2.04. The average molecular weight is 287 g/mol. The van der Waals surface area contributed by atoms with Gasteiger partial charge in [-0.15, -0.1) is 0 Å². The minimum absolute atomic E-state index is 0.488. The van der Waals surface area contributed by atoms with Gasteiger partial charge in [-0.25, -0.2) is 0 Å². The van der Waals surface area contributed by atoms with Crippen LogP contribution >= 0.6 is 27.5 Å². The fourth-order valence-electron chi connectivity index (χ4n) is 1.29. The lowest BCUT2D eigenvalue weighted by atomic mass is 10.2. The van der Waals surface area contributed by atoms with E-state index in [1.807, 2.05) is 30.5 Å². The van der Waals surface area contributed by atoms with Crippen LogP contribution < -0.4 is 5.73 Å². The molecule has 2 aromatic rings. The number of halogens is 2. The Morgan fingerprint density at radius 1 is 1.40 bits per heavy atom. The van der Waals surface area contributed by atoms with E-state index < -0.39 is 0 Å². The molecule has 0 radical (unpaired) electrons.